The maximum Gasteiger partial charge on any atom is 0.194 e. The maximum absolute atomic E-state index is 6.06. The maximum atomic E-state index is 6.06. The Labute approximate surface area is 173 Å². The van der Waals surface area contributed by atoms with Gasteiger partial charge in [0.2, 0.25) is 0 Å². The van der Waals surface area contributed by atoms with Gasteiger partial charge in [0.25, 0.3) is 0 Å². The van der Waals surface area contributed by atoms with Gasteiger partial charge in [-0.15, -0.1) is 0 Å². The topological polar surface area (TPSA) is 53.0 Å². The zero-order valence-corrected chi connectivity index (χ0v) is 17.5. The van der Waals surface area contributed by atoms with Crippen LogP contribution in [-0.2, 0) is 11.3 Å². The minimum Gasteiger partial charge on any atom is -0.370 e. The van der Waals surface area contributed by atoms with Crippen LogP contribution in [0.1, 0.15) is 35.6 Å². The summed E-state index contributed by atoms with van der Waals surface area (Å²) in [5, 5.41) is 3.50. The van der Waals surface area contributed by atoms with Crippen LogP contribution in [0.5, 0.6) is 0 Å². The SMILES string of the molecule is CN=C(NCc1ccc(N2CCCC2)nc1)N1CCOC(c2ccccc2C)C1. The molecule has 0 aliphatic carbocycles. The highest BCUT2D eigenvalue weighted by molar-refractivity contribution is 5.80. The summed E-state index contributed by atoms with van der Waals surface area (Å²) in [4.78, 5) is 13.8. The van der Waals surface area contributed by atoms with Gasteiger partial charge in [0.15, 0.2) is 5.96 Å². The Bertz CT molecular complexity index is 829. The van der Waals surface area contributed by atoms with Gasteiger partial charge in [-0.05, 0) is 42.5 Å². The second-order valence-electron chi connectivity index (χ2n) is 7.78. The number of rotatable bonds is 4. The summed E-state index contributed by atoms with van der Waals surface area (Å²) in [5.74, 6) is 2.00. The van der Waals surface area contributed by atoms with Crippen molar-refractivity contribution in [1.29, 1.82) is 0 Å². The second-order valence-corrected chi connectivity index (χ2v) is 7.78. The van der Waals surface area contributed by atoms with Crippen LogP contribution in [-0.4, -0.2) is 55.7 Å². The molecule has 2 aromatic rings. The zero-order chi connectivity index (χ0) is 20.1. The number of morpholine rings is 1. The van der Waals surface area contributed by atoms with E-state index in [4.69, 9.17) is 4.74 Å². The van der Waals surface area contributed by atoms with Crippen LogP contribution in [0.4, 0.5) is 5.82 Å². The number of nitrogens with one attached hydrogen (secondary N) is 1. The van der Waals surface area contributed by atoms with Crippen molar-refractivity contribution in [3.05, 3.63) is 59.3 Å². The van der Waals surface area contributed by atoms with Crippen LogP contribution in [0.3, 0.4) is 0 Å². The zero-order valence-electron chi connectivity index (χ0n) is 17.5. The average molecular weight is 394 g/mol. The molecule has 2 aliphatic rings. The molecule has 6 nitrogen and oxygen atoms in total. The Morgan fingerprint density at radius 3 is 2.72 bits per heavy atom. The normalized spacial score (nSPS) is 20.2. The Morgan fingerprint density at radius 1 is 1.17 bits per heavy atom. The Kier molecular flexibility index (Phi) is 6.30. The molecule has 6 heteroatoms. The lowest BCUT2D eigenvalue weighted by Gasteiger charge is -2.35. The minimum atomic E-state index is 0.0740. The molecule has 4 rings (SSSR count). The van der Waals surface area contributed by atoms with Gasteiger partial charge >= 0.3 is 0 Å². The minimum absolute atomic E-state index is 0.0740. The summed E-state index contributed by atoms with van der Waals surface area (Å²) < 4.78 is 6.06. The summed E-state index contributed by atoms with van der Waals surface area (Å²) in [6, 6.07) is 12.8. The highest BCUT2D eigenvalue weighted by Gasteiger charge is 2.25. The van der Waals surface area contributed by atoms with E-state index >= 15 is 0 Å². The van der Waals surface area contributed by atoms with E-state index in [9.17, 15) is 0 Å². The summed E-state index contributed by atoms with van der Waals surface area (Å²) in [6.07, 6.45) is 4.59. The summed E-state index contributed by atoms with van der Waals surface area (Å²) >= 11 is 0. The van der Waals surface area contributed by atoms with Crippen LogP contribution in [0, 0.1) is 6.92 Å². The number of aliphatic imine (C=N–C) groups is 1. The van der Waals surface area contributed by atoms with Crippen molar-refractivity contribution in [1.82, 2.24) is 15.2 Å². The molecule has 1 aromatic heterocycles. The van der Waals surface area contributed by atoms with Crippen LogP contribution < -0.4 is 10.2 Å². The predicted molar refractivity (Wildman–Crippen MR) is 117 cm³/mol. The van der Waals surface area contributed by atoms with Gasteiger partial charge in [0.1, 0.15) is 11.9 Å². The number of hydrogen-bond donors (Lipinski definition) is 1. The fraction of sp³-hybridized carbons (Fsp3) is 0.478. The summed E-state index contributed by atoms with van der Waals surface area (Å²) in [5.41, 5.74) is 3.69. The van der Waals surface area contributed by atoms with E-state index in [0.717, 1.165) is 43.5 Å². The average Bonchev–Trinajstić information content (AvgIpc) is 3.30. The van der Waals surface area contributed by atoms with E-state index in [-0.39, 0.29) is 6.10 Å². The predicted octanol–water partition coefficient (Wildman–Crippen LogP) is 3.14. The molecule has 1 unspecified atom stereocenters. The Balaban J connectivity index is 1.36. The molecule has 0 radical (unpaired) electrons. The molecule has 3 heterocycles. The van der Waals surface area contributed by atoms with Crippen LogP contribution in [0.25, 0.3) is 0 Å². The first-order valence-corrected chi connectivity index (χ1v) is 10.6. The van der Waals surface area contributed by atoms with Crippen molar-refractivity contribution >= 4 is 11.8 Å². The largest absolute Gasteiger partial charge is 0.370 e. The molecular formula is C23H31N5O. The fourth-order valence-corrected chi connectivity index (χ4v) is 4.15. The van der Waals surface area contributed by atoms with Crippen molar-refractivity contribution in [3.8, 4) is 0 Å². The molecule has 0 bridgehead atoms. The molecule has 0 amide bonds. The van der Waals surface area contributed by atoms with E-state index in [0.29, 0.717) is 13.2 Å². The van der Waals surface area contributed by atoms with Crippen molar-refractivity contribution in [2.45, 2.75) is 32.4 Å². The van der Waals surface area contributed by atoms with Crippen molar-refractivity contribution in [3.63, 3.8) is 0 Å². The number of anilines is 1. The van der Waals surface area contributed by atoms with Gasteiger partial charge in [-0.3, -0.25) is 4.99 Å². The smallest absolute Gasteiger partial charge is 0.194 e. The third-order valence-corrected chi connectivity index (χ3v) is 5.80. The van der Waals surface area contributed by atoms with Gasteiger partial charge in [-0.1, -0.05) is 30.3 Å². The van der Waals surface area contributed by atoms with E-state index in [1.54, 1.807) is 0 Å². The van der Waals surface area contributed by atoms with Gasteiger partial charge < -0.3 is 19.9 Å². The molecule has 1 N–H and O–H groups in total. The number of nitrogens with zero attached hydrogens (tertiary/aromatic N) is 4. The number of benzene rings is 1. The quantitative estimate of drug-likeness (QED) is 0.639. The number of guanidine groups is 1. The molecule has 0 saturated carbocycles. The van der Waals surface area contributed by atoms with E-state index in [1.807, 2.05) is 13.2 Å². The highest BCUT2D eigenvalue weighted by Crippen LogP contribution is 2.25. The lowest BCUT2D eigenvalue weighted by atomic mass is 10.0. The molecule has 1 aromatic carbocycles. The van der Waals surface area contributed by atoms with Crippen LogP contribution in [0.2, 0.25) is 0 Å². The Hall–Kier alpha value is -2.60. The van der Waals surface area contributed by atoms with E-state index in [1.165, 1.54) is 24.0 Å². The van der Waals surface area contributed by atoms with Crippen molar-refractivity contribution in [2.24, 2.45) is 4.99 Å². The first kappa shape index (κ1) is 19.7. The number of ether oxygens (including phenoxy) is 1. The lowest BCUT2D eigenvalue weighted by Crippen LogP contribution is -2.48. The monoisotopic (exact) mass is 393 g/mol. The van der Waals surface area contributed by atoms with Crippen LogP contribution in [0.15, 0.2) is 47.6 Å². The molecule has 1 atom stereocenters. The van der Waals surface area contributed by atoms with Crippen LogP contribution >= 0.6 is 0 Å². The molecular weight excluding hydrogens is 362 g/mol. The molecule has 0 spiro atoms. The number of pyridine rings is 1. The standard InChI is InChI=1S/C23H31N5O/c1-18-7-3-4-8-20(18)21-17-28(13-14-29-21)23(24-2)26-16-19-9-10-22(25-15-19)27-11-5-6-12-27/h3-4,7-10,15,21H,5-6,11-14,16-17H2,1-2H3,(H,24,26). The van der Waals surface area contributed by atoms with Crippen molar-refractivity contribution < 1.29 is 4.74 Å². The van der Waals surface area contributed by atoms with Crippen molar-refractivity contribution in [2.75, 3.05) is 44.7 Å². The first-order chi connectivity index (χ1) is 14.2. The molecule has 29 heavy (non-hydrogen) atoms. The molecule has 154 valence electrons. The van der Waals surface area contributed by atoms with Gasteiger partial charge in [0, 0.05) is 39.4 Å². The lowest BCUT2D eigenvalue weighted by molar-refractivity contribution is -0.00834. The third-order valence-electron chi connectivity index (χ3n) is 5.80. The number of aromatic nitrogens is 1. The summed E-state index contributed by atoms with van der Waals surface area (Å²) in [6.45, 7) is 7.44. The molecule has 2 aliphatic heterocycles. The Morgan fingerprint density at radius 2 is 2.00 bits per heavy atom. The number of aryl methyl sites for hydroxylation is 1. The van der Waals surface area contributed by atoms with Gasteiger partial charge in [0.05, 0.1) is 13.2 Å². The van der Waals surface area contributed by atoms with E-state index < -0.39 is 0 Å². The highest BCUT2D eigenvalue weighted by atomic mass is 16.5. The fourth-order valence-electron chi connectivity index (χ4n) is 4.15. The third kappa shape index (κ3) is 4.70. The second kappa shape index (κ2) is 9.27. The van der Waals surface area contributed by atoms with Gasteiger partial charge in [-0.25, -0.2) is 4.98 Å². The molecule has 2 fully saturated rings. The summed E-state index contributed by atoms with van der Waals surface area (Å²) in [7, 11) is 1.84. The van der Waals surface area contributed by atoms with Gasteiger partial charge in [-0.2, -0.15) is 0 Å². The first-order valence-electron chi connectivity index (χ1n) is 10.6. The van der Waals surface area contributed by atoms with E-state index in [2.05, 4.69) is 68.4 Å². The number of hydrogen-bond acceptors (Lipinski definition) is 4. The molecule has 2 saturated heterocycles.